The summed E-state index contributed by atoms with van der Waals surface area (Å²) in [7, 11) is 0. The van der Waals surface area contributed by atoms with E-state index in [0.29, 0.717) is 19.4 Å². The molecule has 29 heavy (non-hydrogen) atoms. The maximum atomic E-state index is 12.5. The first-order valence-electron chi connectivity index (χ1n) is 10.3. The molecule has 7 nitrogen and oxygen atoms in total. The predicted molar refractivity (Wildman–Crippen MR) is 113 cm³/mol. The zero-order valence-corrected chi connectivity index (χ0v) is 16.5. The van der Waals surface area contributed by atoms with Gasteiger partial charge in [-0.15, -0.1) is 0 Å². The van der Waals surface area contributed by atoms with Crippen LogP contribution >= 0.6 is 0 Å². The molecule has 1 aromatic heterocycles. The summed E-state index contributed by atoms with van der Waals surface area (Å²) < 4.78 is 0. The molecule has 2 amide bonds. The summed E-state index contributed by atoms with van der Waals surface area (Å²) in [4.78, 5) is 32.7. The van der Waals surface area contributed by atoms with E-state index in [4.69, 9.17) is 0 Å². The van der Waals surface area contributed by atoms with Crippen molar-refractivity contribution in [3.05, 3.63) is 54.4 Å². The van der Waals surface area contributed by atoms with Gasteiger partial charge in [-0.05, 0) is 42.3 Å². The second-order valence-electron chi connectivity index (χ2n) is 7.54. The smallest absolute Gasteiger partial charge is 0.227 e. The van der Waals surface area contributed by atoms with E-state index in [1.807, 2.05) is 36.5 Å². The average Bonchev–Trinajstić information content (AvgIpc) is 3.19. The third-order valence-electron chi connectivity index (χ3n) is 5.59. The highest BCUT2D eigenvalue weighted by molar-refractivity contribution is 5.96. The van der Waals surface area contributed by atoms with Crippen LogP contribution in [0, 0.1) is 0 Å². The van der Waals surface area contributed by atoms with Crippen LogP contribution in [0.3, 0.4) is 0 Å². The number of anilines is 2. The Morgan fingerprint density at radius 2 is 2.07 bits per heavy atom. The fraction of sp³-hybridized carbons (Fsp3) is 0.409. The Morgan fingerprint density at radius 1 is 1.21 bits per heavy atom. The minimum Gasteiger partial charge on any atom is -0.326 e. The Bertz CT molecular complexity index is 840. The highest BCUT2D eigenvalue weighted by Gasteiger charge is 2.24. The van der Waals surface area contributed by atoms with Crippen LogP contribution in [0.4, 0.5) is 11.4 Å². The lowest BCUT2D eigenvalue weighted by atomic mass is 10.1. The number of carbonyl (C=O) groups excluding carboxylic acids is 2. The van der Waals surface area contributed by atoms with E-state index in [1.165, 1.54) is 5.56 Å². The summed E-state index contributed by atoms with van der Waals surface area (Å²) in [5.41, 5.74) is 2.83. The summed E-state index contributed by atoms with van der Waals surface area (Å²) in [5.74, 6) is 0.166. The number of aromatic nitrogens is 1. The SMILES string of the molecule is O=C(CCN1CCNCC1c1cccnc1)Nc1ccc(N2CCCC2=O)cc1. The molecule has 0 bridgehead atoms. The van der Waals surface area contributed by atoms with Crippen LogP contribution in [-0.2, 0) is 9.59 Å². The highest BCUT2D eigenvalue weighted by atomic mass is 16.2. The van der Waals surface area contributed by atoms with Crippen molar-refractivity contribution in [1.82, 2.24) is 15.2 Å². The Kier molecular flexibility index (Phi) is 6.17. The monoisotopic (exact) mass is 393 g/mol. The van der Waals surface area contributed by atoms with Gasteiger partial charge in [0.15, 0.2) is 0 Å². The molecule has 2 fully saturated rings. The second kappa shape index (κ2) is 9.15. The van der Waals surface area contributed by atoms with Gasteiger partial charge in [0.1, 0.15) is 0 Å². The van der Waals surface area contributed by atoms with Gasteiger partial charge in [0, 0.05) is 75.4 Å². The molecule has 4 rings (SSSR count). The van der Waals surface area contributed by atoms with Crippen LogP contribution in [0.5, 0.6) is 0 Å². The van der Waals surface area contributed by atoms with Crippen molar-refractivity contribution in [2.24, 2.45) is 0 Å². The number of pyridine rings is 1. The Hall–Kier alpha value is -2.77. The van der Waals surface area contributed by atoms with Crippen molar-refractivity contribution in [3.8, 4) is 0 Å². The maximum absolute atomic E-state index is 12.5. The Balaban J connectivity index is 1.30. The Morgan fingerprint density at radius 3 is 2.79 bits per heavy atom. The zero-order valence-electron chi connectivity index (χ0n) is 16.5. The lowest BCUT2D eigenvalue weighted by Gasteiger charge is -2.36. The molecular weight excluding hydrogens is 366 g/mol. The molecule has 0 saturated carbocycles. The molecule has 2 aromatic rings. The first-order valence-corrected chi connectivity index (χ1v) is 10.3. The summed E-state index contributed by atoms with van der Waals surface area (Å²) in [6, 6.07) is 11.8. The average molecular weight is 393 g/mol. The van der Waals surface area contributed by atoms with E-state index in [2.05, 4.69) is 26.6 Å². The molecule has 1 aromatic carbocycles. The molecule has 2 aliphatic heterocycles. The predicted octanol–water partition coefficient (Wildman–Crippen LogP) is 2.18. The van der Waals surface area contributed by atoms with Crippen molar-refractivity contribution >= 4 is 23.2 Å². The molecule has 1 atom stereocenters. The van der Waals surface area contributed by atoms with Crippen molar-refractivity contribution < 1.29 is 9.59 Å². The van der Waals surface area contributed by atoms with Crippen LogP contribution in [-0.4, -0.2) is 54.4 Å². The molecule has 0 spiro atoms. The van der Waals surface area contributed by atoms with Crippen LogP contribution in [0.1, 0.15) is 30.9 Å². The summed E-state index contributed by atoms with van der Waals surface area (Å²) in [6.45, 7) is 4.17. The molecule has 1 unspecified atom stereocenters. The normalized spacial score (nSPS) is 20.1. The van der Waals surface area contributed by atoms with E-state index in [9.17, 15) is 9.59 Å². The fourth-order valence-corrected chi connectivity index (χ4v) is 4.03. The number of hydrogen-bond acceptors (Lipinski definition) is 5. The lowest BCUT2D eigenvalue weighted by Crippen LogP contribution is -2.46. The van der Waals surface area contributed by atoms with E-state index in [0.717, 1.165) is 44.0 Å². The summed E-state index contributed by atoms with van der Waals surface area (Å²) in [6.07, 6.45) is 5.64. The molecule has 7 heteroatoms. The molecule has 0 aliphatic carbocycles. The van der Waals surface area contributed by atoms with Gasteiger partial charge >= 0.3 is 0 Å². The molecule has 152 valence electrons. The molecule has 0 radical (unpaired) electrons. The summed E-state index contributed by atoms with van der Waals surface area (Å²) >= 11 is 0. The number of nitrogens with zero attached hydrogens (tertiary/aromatic N) is 3. The quantitative estimate of drug-likeness (QED) is 0.787. The van der Waals surface area contributed by atoms with Gasteiger partial charge in [-0.2, -0.15) is 0 Å². The van der Waals surface area contributed by atoms with E-state index >= 15 is 0 Å². The lowest BCUT2D eigenvalue weighted by molar-refractivity contribution is -0.117. The van der Waals surface area contributed by atoms with Crippen LogP contribution < -0.4 is 15.5 Å². The summed E-state index contributed by atoms with van der Waals surface area (Å²) in [5, 5.41) is 6.39. The molecule has 2 N–H and O–H groups in total. The highest BCUT2D eigenvalue weighted by Crippen LogP contribution is 2.24. The topological polar surface area (TPSA) is 77.6 Å². The van der Waals surface area contributed by atoms with Crippen LogP contribution in [0.2, 0.25) is 0 Å². The molecular formula is C22H27N5O2. The minimum absolute atomic E-state index is 0.00142. The van der Waals surface area contributed by atoms with Crippen molar-refractivity contribution in [2.75, 3.05) is 42.9 Å². The second-order valence-corrected chi connectivity index (χ2v) is 7.54. The maximum Gasteiger partial charge on any atom is 0.227 e. The van der Waals surface area contributed by atoms with Gasteiger partial charge in [0.2, 0.25) is 11.8 Å². The van der Waals surface area contributed by atoms with E-state index < -0.39 is 0 Å². The van der Waals surface area contributed by atoms with Gasteiger partial charge in [0.25, 0.3) is 0 Å². The van der Waals surface area contributed by atoms with E-state index in [1.54, 1.807) is 11.1 Å². The number of nitrogens with one attached hydrogen (secondary N) is 2. The number of carbonyl (C=O) groups is 2. The largest absolute Gasteiger partial charge is 0.326 e. The molecule has 2 aliphatic rings. The van der Waals surface area contributed by atoms with Gasteiger partial charge in [-0.3, -0.25) is 19.5 Å². The fourth-order valence-electron chi connectivity index (χ4n) is 4.03. The van der Waals surface area contributed by atoms with Crippen LogP contribution in [0.15, 0.2) is 48.8 Å². The van der Waals surface area contributed by atoms with Gasteiger partial charge in [0.05, 0.1) is 0 Å². The third kappa shape index (κ3) is 4.81. The van der Waals surface area contributed by atoms with Crippen molar-refractivity contribution in [2.45, 2.75) is 25.3 Å². The van der Waals surface area contributed by atoms with E-state index in [-0.39, 0.29) is 17.9 Å². The molecule has 3 heterocycles. The number of benzene rings is 1. The van der Waals surface area contributed by atoms with Crippen molar-refractivity contribution in [1.29, 1.82) is 0 Å². The van der Waals surface area contributed by atoms with Gasteiger partial charge < -0.3 is 15.5 Å². The number of amides is 2. The third-order valence-corrected chi connectivity index (χ3v) is 5.59. The number of hydrogen-bond donors (Lipinski definition) is 2. The minimum atomic E-state index is -0.00142. The standard InChI is InChI=1S/C22H27N5O2/c28-21(25-18-5-7-19(8-6-18)27-12-2-4-22(27)29)9-13-26-14-11-24-16-20(26)17-3-1-10-23-15-17/h1,3,5-8,10,15,20,24H,2,4,9,11-14,16H2,(H,25,28). The molecule has 2 saturated heterocycles. The van der Waals surface area contributed by atoms with Gasteiger partial charge in [-0.1, -0.05) is 6.07 Å². The van der Waals surface area contributed by atoms with Crippen LogP contribution in [0.25, 0.3) is 0 Å². The first kappa shape index (κ1) is 19.5. The van der Waals surface area contributed by atoms with Crippen molar-refractivity contribution in [3.63, 3.8) is 0 Å². The first-order chi connectivity index (χ1) is 14.2. The number of piperazine rings is 1. The Labute approximate surface area is 171 Å². The number of rotatable bonds is 6. The van der Waals surface area contributed by atoms with Gasteiger partial charge in [-0.25, -0.2) is 0 Å². The zero-order chi connectivity index (χ0) is 20.1.